The summed E-state index contributed by atoms with van der Waals surface area (Å²) in [4.78, 5) is 72.1. The fourth-order valence-electron chi connectivity index (χ4n) is 3.38. The van der Waals surface area contributed by atoms with Gasteiger partial charge in [0.05, 0.1) is 12.5 Å². The van der Waals surface area contributed by atoms with Crippen LogP contribution in [0.15, 0.2) is 0 Å². The highest BCUT2D eigenvalue weighted by molar-refractivity contribution is 5.96. The highest BCUT2D eigenvalue weighted by Crippen LogP contribution is 2.08. The Balaban J connectivity index is 2.95. The summed E-state index contributed by atoms with van der Waals surface area (Å²) in [6.45, 7) is 4.20. The molecule has 13 heteroatoms. The van der Waals surface area contributed by atoms with Crippen molar-refractivity contribution in [2.24, 2.45) is 17.4 Å². The molecule has 0 saturated carbocycles. The van der Waals surface area contributed by atoms with E-state index in [1.807, 2.05) is 0 Å². The smallest absolute Gasteiger partial charge is 0.326 e. The first kappa shape index (κ1) is 27.8. The predicted molar refractivity (Wildman–Crippen MR) is 116 cm³/mol. The molecule has 1 heterocycles. The molecule has 0 bridgehead atoms. The van der Waals surface area contributed by atoms with E-state index in [4.69, 9.17) is 11.5 Å². The van der Waals surface area contributed by atoms with Crippen LogP contribution in [-0.2, 0) is 28.8 Å². The highest BCUT2D eigenvalue weighted by atomic mass is 16.4. The van der Waals surface area contributed by atoms with Crippen molar-refractivity contribution in [1.29, 1.82) is 0 Å². The molecule has 1 fully saturated rings. The standard InChI is InChI=1S/C20H34N6O7/c1-10(2)8-14(20(32)33)26-19(31)13(9-16(22)28)25-18(30)12(5-6-15(21)27)24-17(29)11-4-3-7-23-11/h10-14,23H,3-9H2,1-2H3,(H2,21,27)(H2,22,28)(H,24,29)(H,25,30)(H,26,31)(H,32,33). The van der Waals surface area contributed by atoms with Gasteiger partial charge in [-0.25, -0.2) is 4.79 Å². The molecule has 0 aliphatic carbocycles. The van der Waals surface area contributed by atoms with Crippen LogP contribution in [0.4, 0.5) is 0 Å². The van der Waals surface area contributed by atoms with E-state index in [9.17, 15) is 33.9 Å². The molecule has 33 heavy (non-hydrogen) atoms. The number of carbonyl (C=O) groups is 6. The molecule has 1 saturated heterocycles. The molecule has 5 amide bonds. The third kappa shape index (κ3) is 10.3. The number of nitrogens with two attached hydrogens (primary N) is 2. The van der Waals surface area contributed by atoms with Gasteiger partial charge in [-0.1, -0.05) is 13.8 Å². The molecule has 1 aliphatic rings. The van der Waals surface area contributed by atoms with Gasteiger partial charge >= 0.3 is 5.97 Å². The maximum Gasteiger partial charge on any atom is 0.326 e. The van der Waals surface area contributed by atoms with Crippen molar-refractivity contribution in [3.63, 3.8) is 0 Å². The predicted octanol–water partition coefficient (Wildman–Crippen LogP) is -2.54. The number of amides is 5. The monoisotopic (exact) mass is 470 g/mol. The van der Waals surface area contributed by atoms with Crippen LogP contribution < -0.4 is 32.7 Å². The minimum absolute atomic E-state index is 0.0480. The number of primary amides is 2. The van der Waals surface area contributed by atoms with Crippen LogP contribution >= 0.6 is 0 Å². The lowest BCUT2D eigenvalue weighted by Crippen LogP contribution is -2.57. The topological polar surface area (TPSA) is 223 Å². The molecular formula is C20H34N6O7. The van der Waals surface area contributed by atoms with Gasteiger partial charge in [-0.3, -0.25) is 24.0 Å². The van der Waals surface area contributed by atoms with Gasteiger partial charge in [0.25, 0.3) is 0 Å². The van der Waals surface area contributed by atoms with Gasteiger partial charge in [-0.2, -0.15) is 0 Å². The normalized spacial score (nSPS) is 18.1. The first-order valence-corrected chi connectivity index (χ1v) is 10.8. The average molecular weight is 471 g/mol. The summed E-state index contributed by atoms with van der Waals surface area (Å²) in [5.74, 6) is -5.10. The number of aliphatic carboxylic acids is 1. The lowest BCUT2D eigenvalue weighted by molar-refractivity contribution is -0.143. The van der Waals surface area contributed by atoms with E-state index >= 15 is 0 Å². The molecule has 1 rings (SSSR count). The number of rotatable bonds is 14. The molecule has 186 valence electrons. The summed E-state index contributed by atoms with van der Waals surface area (Å²) in [5.41, 5.74) is 10.3. The number of hydrogen-bond donors (Lipinski definition) is 7. The summed E-state index contributed by atoms with van der Waals surface area (Å²) in [6.07, 6.45) is 0.567. The Morgan fingerprint density at radius 1 is 0.939 bits per heavy atom. The Morgan fingerprint density at radius 2 is 1.55 bits per heavy atom. The molecule has 4 atom stereocenters. The lowest BCUT2D eigenvalue weighted by atomic mass is 10.0. The molecule has 0 radical (unpaired) electrons. The van der Waals surface area contributed by atoms with E-state index in [1.165, 1.54) is 0 Å². The number of carboxylic acid groups (broad SMARTS) is 1. The molecular weight excluding hydrogens is 436 g/mol. The maximum absolute atomic E-state index is 12.9. The van der Waals surface area contributed by atoms with Crippen LogP contribution in [0.1, 0.15) is 52.4 Å². The average Bonchev–Trinajstić information content (AvgIpc) is 3.23. The van der Waals surface area contributed by atoms with Crippen LogP contribution in [0, 0.1) is 5.92 Å². The maximum atomic E-state index is 12.9. The molecule has 4 unspecified atom stereocenters. The van der Waals surface area contributed by atoms with E-state index in [0.29, 0.717) is 13.0 Å². The van der Waals surface area contributed by atoms with E-state index in [-0.39, 0.29) is 25.2 Å². The molecule has 0 spiro atoms. The highest BCUT2D eigenvalue weighted by Gasteiger charge is 2.32. The van der Waals surface area contributed by atoms with Gasteiger partial charge in [0.1, 0.15) is 18.1 Å². The van der Waals surface area contributed by atoms with Crippen molar-refractivity contribution in [2.75, 3.05) is 6.54 Å². The van der Waals surface area contributed by atoms with Gasteiger partial charge < -0.3 is 37.8 Å². The van der Waals surface area contributed by atoms with Crippen molar-refractivity contribution in [3.05, 3.63) is 0 Å². The second kappa shape index (κ2) is 13.4. The lowest BCUT2D eigenvalue weighted by Gasteiger charge is -2.25. The van der Waals surface area contributed by atoms with Crippen molar-refractivity contribution in [2.45, 2.75) is 76.5 Å². The summed E-state index contributed by atoms with van der Waals surface area (Å²) in [6, 6.07) is -4.40. The van der Waals surface area contributed by atoms with Gasteiger partial charge in [0.2, 0.25) is 29.5 Å². The summed E-state index contributed by atoms with van der Waals surface area (Å²) < 4.78 is 0. The largest absolute Gasteiger partial charge is 0.480 e. The minimum Gasteiger partial charge on any atom is -0.480 e. The SMILES string of the molecule is CC(C)CC(NC(=O)C(CC(N)=O)NC(=O)C(CCC(N)=O)NC(=O)C1CCCN1)C(=O)O. The van der Waals surface area contributed by atoms with Crippen LogP contribution in [0.3, 0.4) is 0 Å². The fraction of sp³-hybridized carbons (Fsp3) is 0.700. The molecule has 0 aromatic rings. The van der Waals surface area contributed by atoms with Crippen molar-refractivity contribution >= 4 is 35.5 Å². The van der Waals surface area contributed by atoms with Crippen LogP contribution in [0.2, 0.25) is 0 Å². The van der Waals surface area contributed by atoms with Gasteiger partial charge in [-0.15, -0.1) is 0 Å². The number of hydrogen-bond acceptors (Lipinski definition) is 7. The summed E-state index contributed by atoms with van der Waals surface area (Å²) >= 11 is 0. The van der Waals surface area contributed by atoms with Gasteiger partial charge in [0, 0.05) is 6.42 Å². The first-order valence-electron chi connectivity index (χ1n) is 10.8. The second-order valence-corrected chi connectivity index (χ2v) is 8.48. The Bertz CT molecular complexity index is 751. The van der Waals surface area contributed by atoms with Crippen molar-refractivity contribution in [1.82, 2.24) is 21.3 Å². The van der Waals surface area contributed by atoms with E-state index in [1.54, 1.807) is 13.8 Å². The van der Waals surface area contributed by atoms with Crippen molar-refractivity contribution in [3.8, 4) is 0 Å². The molecule has 0 aromatic heterocycles. The van der Waals surface area contributed by atoms with Crippen LogP contribution in [-0.4, -0.2) is 71.3 Å². The quantitative estimate of drug-likeness (QED) is 0.143. The van der Waals surface area contributed by atoms with E-state index in [2.05, 4.69) is 21.3 Å². The van der Waals surface area contributed by atoms with Crippen LogP contribution in [0.25, 0.3) is 0 Å². The molecule has 1 aliphatic heterocycles. The van der Waals surface area contributed by atoms with E-state index < -0.39 is 66.1 Å². The molecule has 13 nitrogen and oxygen atoms in total. The van der Waals surface area contributed by atoms with Crippen LogP contribution in [0.5, 0.6) is 0 Å². The third-order valence-corrected chi connectivity index (χ3v) is 5.05. The number of nitrogens with one attached hydrogen (secondary N) is 4. The molecule has 9 N–H and O–H groups in total. The van der Waals surface area contributed by atoms with Gasteiger partial charge in [0.15, 0.2) is 0 Å². The third-order valence-electron chi connectivity index (χ3n) is 5.05. The summed E-state index contributed by atoms with van der Waals surface area (Å²) in [5, 5.41) is 19.5. The van der Waals surface area contributed by atoms with Gasteiger partial charge in [-0.05, 0) is 38.1 Å². The number of carbonyl (C=O) groups excluding carboxylic acids is 5. The minimum atomic E-state index is -1.47. The summed E-state index contributed by atoms with van der Waals surface area (Å²) in [7, 11) is 0. The Hall–Kier alpha value is -3.22. The zero-order valence-electron chi connectivity index (χ0n) is 18.9. The zero-order valence-corrected chi connectivity index (χ0v) is 18.9. The number of carboxylic acids is 1. The Kier molecular flexibility index (Phi) is 11.3. The Morgan fingerprint density at radius 3 is 2.03 bits per heavy atom. The Labute approximate surface area is 191 Å². The molecule has 0 aromatic carbocycles. The fourth-order valence-corrected chi connectivity index (χ4v) is 3.38. The first-order chi connectivity index (χ1) is 15.4. The van der Waals surface area contributed by atoms with Crippen molar-refractivity contribution < 1.29 is 33.9 Å². The van der Waals surface area contributed by atoms with E-state index in [0.717, 1.165) is 6.42 Å². The zero-order chi connectivity index (χ0) is 25.1. The second-order valence-electron chi connectivity index (χ2n) is 8.48.